The second kappa shape index (κ2) is 6.99. The number of thiophene rings is 1. The van der Waals surface area contributed by atoms with Gasteiger partial charge >= 0.3 is 0 Å². The zero-order valence-corrected chi connectivity index (χ0v) is 10.4. The molecule has 3 heteroatoms. The maximum absolute atomic E-state index is 9.17. The summed E-state index contributed by atoms with van der Waals surface area (Å²) in [6.07, 6.45) is 2.10. The first kappa shape index (κ1) is 12.7. The molecule has 0 spiro atoms. The Kier molecular flexibility index (Phi) is 5.91. The van der Waals surface area contributed by atoms with Gasteiger partial charge in [0.15, 0.2) is 0 Å². The van der Waals surface area contributed by atoms with Crippen molar-refractivity contribution in [3.63, 3.8) is 0 Å². The van der Waals surface area contributed by atoms with Crippen LogP contribution in [0.3, 0.4) is 0 Å². The van der Waals surface area contributed by atoms with Gasteiger partial charge in [-0.05, 0) is 30.2 Å². The summed E-state index contributed by atoms with van der Waals surface area (Å²) in [6, 6.07) is 4.49. The third kappa shape index (κ3) is 5.30. The van der Waals surface area contributed by atoms with Crippen molar-refractivity contribution in [2.75, 3.05) is 13.2 Å². The van der Waals surface area contributed by atoms with E-state index in [0.717, 1.165) is 19.4 Å². The summed E-state index contributed by atoms with van der Waals surface area (Å²) in [5, 5.41) is 14.7. The maximum Gasteiger partial charge on any atom is 0.0584 e. The minimum Gasteiger partial charge on any atom is -0.395 e. The van der Waals surface area contributed by atoms with Crippen molar-refractivity contribution in [3.05, 3.63) is 22.4 Å². The van der Waals surface area contributed by atoms with Gasteiger partial charge in [0.05, 0.1) is 6.61 Å². The monoisotopic (exact) mass is 227 g/mol. The van der Waals surface area contributed by atoms with Gasteiger partial charge in [-0.3, -0.25) is 0 Å². The molecule has 0 aromatic carbocycles. The highest BCUT2D eigenvalue weighted by Gasteiger charge is 2.08. The first-order valence-corrected chi connectivity index (χ1v) is 6.47. The number of hydrogen-bond donors (Lipinski definition) is 2. The molecule has 86 valence electrons. The molecule has 0 radical (unpaired) electrons. The van der Waals surface area contributed by atoms with E-state index in [4.69, 9.17) is 0 Å². The fourth-order valence-corrected chi connectivity index (χ4v) is 2.35. The quantitative estimate of drug-likeness (QED) is 0.749. The lowest BCUT2D eigenvalue weighted by molar-refractivity contribution is 0.225. The van der Waals surface area contributed by atoms with Crippen molar-refractivity contribution in [1.29, 1.82) is 0 Å². The summed E-state index contributed by atoms with van der Waals surface area (Å²) < 4.78 is 0. The first-order chi connectivity index (χ1) is 7.22. The molecule has 0 fully saturated rings. The number of aliphatic hydroxyl groups excluding tert-OH is 1. The molecule has 1 aromatic heterocycles. The van der Waals surface area contributed by atoms with Crippen LogP contribution in [-0.2, 0) is 6.42 Å². The number of aliphatic hydroxyl groups is 1. The van der Waals surface area contributed by atoms with Crippen molar-refractivity contribution >= 4 is 11.3 Å². The Labute approximate surface area is 96.3 Å². The summed E-state index contributed by atoms with van der Waals surface area (Å²) in [7, 11) is 0. The van der Waals surface area contributed by atoms with Gasteiger partial charge in [-0.15, -0.1) is 11.3 Å². The zero-order valence-electron chi connectivity index (χ0n) is 9.57. The molecule has 0 aliphatic rings. The summed E-state index contributed by atoms with van der Waals surface area (Å²) in [6.45, 7) is 5.56. The van der Waals surface area contributed by atoms with Crippen LogP contribution in [0, 0.1) is 5.92 Å². The van der Waals surface area contributed by atoms with Gasteiger partial charge in [0.1, 0.15) is 0 Å². The predicted molar refractivity (Wildman–Crippen MR) is 66.4 cm³/mol. The highest BCUT2D eigenvalue weighted by molar-refractivity contribution is 7.09. The molecule has 0 aliphatic heterocycles. The second-order valence-electron chi connectivity index (χ2n) is 4.29. The van der Waals surface area contributed by atoms with E-state index >= 15 is 0 Å². The summed E-state index contributed by atoms with van der Waals surface area (Å²) >= 11 is 1.79. The lowest BCUT2D eigenvalue weighted by Crippen LogP contribution is -2.35. The lowest BCUT2D eigenvalue weighted by atomic mass is 10.0. The van der Waals surface area contributed by atoms with E-state index in [1.54, 1.807) is 11.3 Å². The maximum atomic E-state index is 9.17. The average Bonchev–Trinajstić information content (AvgIpc) is 2.68. The standard InChI is InChI=1S/C12H21NOS/c1-10(2)8-11(9-14)13-6-5-12-4-3-7-15-12/h3-4,7,10-11,13-14H,5-6,8-9H2,1-2H3. The molecular weight excluding hydrogens is 206 g/mol. The molecular formula is C12H21NOS. The molecule has 1 rings (SSSR count). The molecule has 2 nitrogen and oxygen atoms in total. The third-order valence-corrected chi connectivity index (χ3v) is 3.30. The molecule has 0 aliphatic carbocycles. The van der Waals surface area contributed by atoms with E-state index in [1.165, 1.54) is 4.88 Å². The van der Waals surface area contributed by atoms with Crippen LogP contribution < -0.4 is 5.32 Å². The van der Waals surface area contributed by atoms with Crippen LogP contribution in [0.1, 0.15) is 25.1 Å². The van der Waals surface area contributed by atoms with E-state index in [9.17, 15) is 5.11 Å². The van der Waals surface area contributed by atoms with E-state index in [2.05, 4.69) is 36.7 Å². The molecule has 2 N–H and O–H groups in total. The first-order valence-electron chi connectivity index (χ1n) is 5.59. The summed E-state index contributed by atoms with van der Waals surface area (Å²) in [5.41, 5.74) is 0. The number of nitrogens with one attached hydrogen (secondary N) is 1. The minimum atomic E-state index is 0.239. The molecule has 0 saturated carbocycles. The molecule has 1 heterocycles. The number of rotatable bonds is 7. The molecule has 1 atom stereocenters. The smallest absolute Gasteiger partial charge is 0.0584 e. The summed E-state index contributed by atoms with van der Waals surface area (Å²) in [5.74, 6) is 0.636. The highest BCUT2D eigenvalue weighted by atomic mass is 32.1. The van der Waals surface area contributed by atoms with Crippen molar-refractivity contribution in [3.8, 4) is 0 Å². The molecule has 15 heavy (non-hydrogen) atoms. The molecule has 0 bridgehead atoms. The van der Waals surface area contributed by atoms with Crippen LogP contribution >= 0.6 is 11.3 Å². The lowest BCUT2D eigenvalue weighted by Gasteiger charge is -2.17. The van der Waals surface area contributed by atoms with E-state index in [1.807, 2.05) is 0 Å². The predicted octanol–water partition coefficient (Wildman–Crippen LogP) is 2.29. The average molecular weight is 227 g/mol. The molecule has 0 amide bonds. The van der Waals surface area contributed by atoms with Crippen LogP contribution in [0.2, 0.25) is 0 Å². The summed E-state index contributed by atoms with van der Waals surface area (Å²) in [4.78, 5) is 1.41. The van der Waals surface area contributed by atoms with Gasteiger partial charge < -0.3 is 10.4 Å². The van der Waals surface area contributed by atoms with Gasteiger partial charge in [-0.25, -0.2) is 0 Å². The molecule has 1 aromatic rings. The Morgan fingerprint density at radius 3 is 2.80 bits per heavy atom. The Balaban J connectivity index is 2.17. The van der Waals surface area contributed by atoms with Gasteiger partial charge in [-0.1, -0.05) is 19.9 Å². The van der Waals surface area contributed by atoms with Gasteiger partial charge in [0.25, 0.3) is 0 Å². The van der Waals surface area contributed by atoms with E-state index in [-0.39, 0.29) is 12.6 Å². The van der Waals surface area contributed by atoms with Crippen LogP contribution in [-0.4, -0.2) is 24.3 Å². The van der Waals surface area contributed by atoms with Crippen molar-refractivity contribution < 1.29 is 5.11 Å². The van der Waals surface area contributed by atoms with Crippen molar-refractivity contribution in [1.82, 2.24) is 5.32 Å². The van der Waals surface area contributed by atoms with Gasteiger partial charge in [0, 0.05) is 17.5 Å². The van der Waals surface area contributed by atoms with Crippen LogP contribution in [0.4, 0.5) is 0 Å². The number of hydrogen-bond acceptors (Lipinski definition) is 3. The molecule has 1 unspecified atom stereocenters. The van der Waals surface area contributed by atoms with E-state index in [0.29, 0.717) is 5.92 Å². The third-order valence-electron chi connectivity index (χ3n) is 2.36. The normalized spacial score (nSPS) is 13.3. The minimum absolute atomic E-state index is 0.239. The fourth-order valence-electron chi connectivity index (χ4n) is 1.65. The zero-order chi connectivity index (χ0) is 11.1. The Morgan fingerprint density at radius 2 is 2.27 bits per heavy atom. The highest BCUT2D eigenvalue weighted by Crippen LogP contribution is 2.09. The second-order valence-corrected chi connectivity index (χ2v) is 5.32. The van der Waals surface area contributed by atoms with Gasteiger partial charge in [-0.2, -0.15) is 0 Å². The fraction of sp³-hybridized carbons (Fsp3) is 0.667. The van der Waals surface area contributed by atoms with Crippen LogP contribution in [0.25, 0.3) is 0 Å². The topological polar surface area (TPSA) is 32.3 Å². The SMILES string of the molecule is CC(C)CC(CO)NCCc1cccs1. The van der Waals surface area contributed by atoms with Crippen LogP contribution in [0.15, 0.2) is 17.5 Å². The molecule has 0 saturated heterocycles. The van der Waals surface area contributed by atoms with E-state index < -0.39 is 0 Å². The Bertz CT molecular complexity index is 246. The largest absolute Gasteiger partial charge is 0.395 e. The van der Waals surface area contributed by atoms with Crippen LogP contribution in [0.5, 0.6) is 0 Å². The van der Waals surface area contributed by atoms with Crippen molar-refractivity contribution in [2.24, 2.45) is 5.92 Å². The van der Waals surface area contributed by atoms with Gasteiger partial charge in [0.2, 0.25) is 0 Å². The Hall–Kier alpha value is -0.380. The Morgan fingerprint density at radius 1 is 1.47 bits per heavy atom. The van der Waals surface area contributed by atoms with Crippen molar-refractivity contribution in [2.45, 2.75) is 32.7 Å².